The molecule has 2 saturated heterocycles. The third kappa shape index (κ3) is 2.86. The molecule has 2 unspecified atom stereocenters. The molecule has 0 aliphatic carbocycles. The lowest BCUT2D eigenvalue weighted by molar-refractivity contribution is -0.141. The Kier molecular flexibility index (Phi) is 3.82. The van der Waals surface area contributed by atoms with Crippen molar-refractivity contribution in [2.45, 2.75) is 56.9 Å². The molecule has 0 aromatic carbocycles. The predicted molar refractivity (Wildman–Crippen MR) is 75.2 cm³/mol. The second-order valence-corrected chi connectivity index (χ2v) is 5.92. The van der Waals surface area contributed by atoms with Gasteiger partial charge in [0.05, 0.1) is 11.9 Å². The molecular weight excluding hydrogens is 279 g/mol. The van der Waals surface area contributed by atoms with Crippen molar-refractivity contribution < 1.29 is 13.2 Å². The van der Waals surface area contributed by atoms with Crippen molar-refractivity contribution in [2.24, 2.45) is 0 Å². The van der Waals surface area contributed by atoms with E-state index in [0.29, 0.717) is 18.1 Å². The van der Waals surface area contributed by atoms with Crippen LogP contribution in [0.4, 0.5) is 18.9 Å². The quantitative estimate of drug-likeness (QED) is 0.929. The zero-order valence-electron chi connectivity index (χ0n) is 12.0. The number of rotatable bonds is 3. The third-order valence-corrected chi connectivity index (χ3v) is 4.56. The molecule has 3 heterocycles. The summed E-state index contributed by atoms with van der Waals surface area (Å²) in [6, 6.07) is 4.03. The molecule has 3 nitrogen and oxygen atoms in total. The van der Waals surface area contributed by atoms with Gasteiger partial charge in [-0.2, -0.15) is 13.2 Å². The first-order valence-corrected chi connectivity index (χ1v) is 7.54. The standard InChI is InChI=1S/C15H20F3N3/c1-2-19-10-7-11-3-4-12(8-10)21(11)13-5-6-14(20-9-13)15(16,17)18/h5-6,9-12,19H,2-4,7-8H2,1H3. The molecule has 1 N–H and O–H groups in total. The summed E-state index contributed by atoms with van der Waals surface area (Å²) < 4.78 is 37.7. The Morgan fingerprint density at radius 1 is 1.24 bits per heavy atom. The highest BCUT2D eigenvalue weighted by Crippen LogP contribution is 2.39. The normalized spacial score (nSPS) is 29.0. The Labute approximate surface area is 122 Å². The number of anilines is 1. The molecule has 1 aromatic heterocycles. The van der Waals surface area contributed by atoms with Gasteiger partial charge in [-0.15, -0.1) is 0 Å². The van der Waals surface area contributed by atoms with Gasteiger partial charge in [0.2, 0.25) is 0 Å². The van der Waals surface area contributed by atoms with Gasteiger partial charge in [0.15, 0.2) is 0 Å². The molecule has 0 saturated carbocycles. The van der Waals surface area contributed by atoms with Crippen molar-refractivity contribution in [2.75, 3.05) is 11.4 Å². The molecule has 0 spiro atoms. The van der Waals surface area contributed by atoms with Gasteiger partial charge in [-0.1, -0.05) is 6.92 Å². The van der Waals surface area contributed by atoms with Gasteiger partial charge in [-0.05, 0) is 44.4 Å². The molecule has 0 radical (unpaired) electrons. The lowest BCUT2D eigenvalue weighted by Gasteiger charge is -2.40. The fourth-order valence-electron chi connectivity index (χ4n) is 3.76. The summed E-state index contributed by atoms with van der Waals surface area (Å²) in [5.74, 6) is 0. The van der Waals surface area contributed by atoms with Crippen molar-refractivity contribution in [1.29, 1.82) is 0 Å². The zero-order chi connectivity index (χ0) is 15.0. The van der Waals surface area contributed by atoms with Crippen molar-refractivity contribution >= 4 is 5.69 Å². The van der Waals surface area contributed by atoms with Crippen LogP contribution in [0.3, 0.4) is 0 Å². The van der Waals surface area contributed by atoms with Crippen molar-refractivity contribution in [3.05, 3.63) is 24.0 Å². The molecule has 2 aliphatic rings. The largest absolute Gasteiger partial charge is 0.433 e. The fourth-order valence-corrected chi connectivity index (χ4v) is 3.76. The maximum absolute atomic E-state index is 12.6. The minimum atomic E-state index is -4.37. The first-order valence-electron chi connectivity index (χ1n) is 7.54. The number of pyridine rings is 1. The third-order valence-electron chi connectivity index (χ3n) is 4.56. The number of alkyl halides is 3. The summed E-state index contributed by atoms with van der Waals surface area (Å²) in [5, 5.41) is 3.50. The minimum absolute atomic E-state index is 0.423. The van der Waals surface area contributed by atoms with Crippen LogP contribution < -0.4 is 10.2 Å². The number of piperidine rings is 1. The summed E-state index contributed by atoms with van der Waals surface area (Å²) in [6.45, 7) is 3.07. The number of halogens is 3. The smallest absolute Gasteiger partial charge is 0.364 e. The molecule has 1 aromatic rings. The molecule has 21 heavy (non-hydrogen) atoms. The van der Waals surface area contributed by atoms with Gasteiger partial charge < -0.3 is 10.2 Å². The second kappa shape index (κ2) is 5.48. The lowest BCUT2D eigenvalue weighted by atomic mass is 9.96. The average Bonchev–Trinajstić information content (AvgIpc) is 2.70. The highest BCUT2D eigenvalue weighted by molar-refractivity contribution is 5.49. The number of hydrogen-bond acceptors (Lipinski definition) is 3. The molecule has 3 rings (SSSR count). The van der Waals surface area contributed by atoms with Crippen LogP contribution in [0, 0.1) is 0 Å². The number of aromatic nitrogens is 1. The van der Waals surface area contributed by atoms with E-state index in [1.807, 2.05) is 0 Å². The lowest BCUT2D eigenvalue weighted by Crippen LogP contribution is -2.49. The maximum Gasteiger partial charge on any atom is 0.433 e. The Balaban J connectivity index is 1.76. The number of fused-ring (bicyclic) bond motifs is 2. The molecular formula is C15H20F3N3. The molecule has 116 valence electrons. The van der Waals surface area contributed by atoms with Crippen LogP contribution in [-0.2, 0) is 6.18 Å². The number of nitrogens with one attached hydrogen (secondary N) is 1. The topological polar surface area (TPSA) is 28.2 Å². The summed E-state index contributed by atoms with van der Waals surface area (Å²) in [7, 11) is 0. The van der Waals surface area contributed by atoms with Crippen LogP contribution in [0.1, 0.15) is 38.3 Å². The van der Waals surface area contributed by atoms with Crippen molar-refractivity contribution in [3.63, 3.8) is 0 Å². The van der Waals surface area contributed by atoms with Gasteiger partial charge in [0.25, 0.3) is 0 Å². The summed E-state index contributed by atoms with van der Waals surface area (Å²) in [6.07, 6.45) is 1.37. The summed E-state index contributed by atoms with van der Waals surface area (Å²) >= 11 is 0. The highest BCUT2D eigenvalue weighted by atomic mass is 19.4. The van der Waals surface area contributed by atoms with Crippen LogP contribution in [0.2, 0.25) is 0 Å². The predicted octanol–water partition coefficient (Wildman–Crippen LogP) is 3.21. The van der Waals surface area contributed by atoms with Gasteiger partial charge >= 0.3 is 6.18 Å². The van der Waals surface area contributed by atoms with E-state index in [1.165, 1.54) is 6.20 Å². The first kappa shape index (κ1) is 14.6. The van der Waals surface area contributed by atoms with Crippen LogP contribution >= 0.6 is 0 Å². The second-order valence-electron chi connectivity index (χ2n) is 5.92. The summed E-state index contributed by atoms with van der Waals surface area (Å²) in [5.41, 5.74) is 0.00609. The van der Waals surface area contributed by atoms with E-state index in [2.05, 4.69) is 22.1 Å². The Morgan fingerprint density at radius 2 is 1.90 bits per heavy atom. The maximum atomic E-state index is 12.6. The van der Waals surface area contributed by atoms with E-state index in [0.717, 1.165) is 44.0 Å². The SMILES string of the molecule is CCNC1CC2CCC(C1)N2c1ccc(C(F)(F)F)nc1. The monoisotopic (exact) mass is 299 g/mol. The van der Waals surface area contributed by atoms with Gasteiger partial charge in [-0.25, -0.2) is 4.98 Å². The van der Waals surface area contributed by atoms with E-state index in [1.54, 1.807) is 6.07 Å². The van der Waals surface area contributed by atoms with E-state index >= 15 is 0 Å². The summed E-state index contributed by atoms with van der Waals surface area (Å²) in [4.78, 5) is 5.87. The van der Waals surface area contributed by atoms with E-state index in [9.17, 15) is 13.2 Å². The number of nitrogens with zero attached hydrogens (tertiary/aromatic N) is 2. The number of hydrogen-bond donors (Lipinski definition) is 1. The zero-order valence-corrected chi connectivity index (χ0v) is 12.0. The van der Waals surface area contributed by atoms with Crippen LogP contribution in [0.15, 0.2) is 18.3 Å². The Bertz CT molecular complexity index is 472. The van der Waals surface area contributed by atoms with Crippen molar-refractivity contribution in [3.8, 4) is 0 Å². The van der Waals surface area contributed by atoms with E-state index < -0.39 is 11.9 Å². The molecule has 2 bridgehead atoms. The molecule has 2 atom stereocenters. The van der Waals surface area contributed by atoms with Crippen LogP contribution in [0.25, 0.3) is 0 Å². The Morgan fingerprint density at radius 3 is 2.38 bits per heavy atom. The first-order chi connectivity index (χ1) is 9.99. The molecule has 0 amide bonds. The van der Waals surface area contributed by atoms with E-state index in [-0.39, 0.29) is 0 Å². The Hall–Kier alpha value is -1.30. The van der Waals surface area contributed by atoms with Crippen molar-refractivity contribution in [1.82, 2.24) is 10.3 Å². The van der Waals surface area contributed by atoms with Gasteiger partial charge in [0, 0.05) is 18.1 Å². The van der Waals surface area contributed by atoms with Crippen LogP contribution in [0.5, 0.6) is 0 Å². The molecule has 2 fully saturated rings. The van der Waals surface area contributed by atoms with E-state index in [4.69, 9.17) is 0 Å². The highest BCUT2D eigenvalue weighted by Gasteiger charge is 2.41. The fraction of sp³-hybridized carbons (Fsp3) is 0.667. The van der Waals surface area contributed by atoms with Crippen LogP contribution in [-0.4, -0.2) is 29.7 Å². The minimum Gasteiger partial charge on any atom is -0.364 e. The molecule has 2 aliphatic heterocycles. The van der Waals surface area contributed by atoms with Gasteiger partial charge in [0.1, 0.15) is 5.69 Å². The average molecular weight is 299 g/mol. The molecule has 6 heteroatoms. The van der Waals surface area contributed by atoms with Gasteiger partial charge in [-0.3, -0.25) is 0 Å².